The Labute approximate surface area is 122 Å². The molecule has 0 saturated heterocycles. The summed E-state index contributed by atoms with van der Waals surface area (Å²) in [7, 11) is 0. The second kappa shape index (κ2) is 6.69. The summed E-state index contributed by atoms with van der Waals surface area (Å²) >= 11 is 0. The lowest BCUT2D eigenvalue weighted by Crippen LogP contribution is -2.29. The molecular formula is C18H24N2. The van der Waals surface area contributed by atoms with Gasteiger partial charge in [0.15, 0.2) is 0 Å². The van der Waals surface area contributed by atoms with E-state index in [4.69, 9.17) is 5.84 Å². The van der Waals surface area contributed by atoms with E-state index in [0.29, 0.717) is 0 Å². The van der Waals surface area contributed by atoms with Crippen LogP contribution in [0.3, 0.4) is 0 Å². The highest BCUT2D eigenvalue weighted by atomic mass is 15.2. The molecule has 2 aromatic rings. The molecule has 106 valence electrons. The fraction of sp³-hybridized carbons (Fsp3) is 0.333. The summed E-state index contributed by atoms with van der Waals surface area (Å²) in [4.78, 5) is 0. The highest BCUT2D eigenvalue weighted by Gasteiger charge is 2.12. The topological polar surface area (TPSA) is 38.0 Å². The Bertz CT molecular complexity index is 558. The van der Waals surface area contributed by atoms with E-state index in [0.717, 1.165) is 12.8 Å². The molecule has 0 spiro atoms. The maximum atomic E-state index is 5.76. The minimum Gasteiger partial charge on any atom is -0.271 e. The molecule has 0 aliphatic heterocycles. The van der Waals surface area contributed by atoms with Crippen LogP contribution >= 0.6 is 0 Å². The summed E-state index contributed by atoms with van der Waals surface area (Å²) in [5.74, 6) is 5.76. The van der Waals surface area contributed by atoms with Crippen molar-refractivity contribution in [3.05, 3.63) is 70.3 Å². The van der Waals surface area contributed by atoms with E-state index in [1.807, 2.05) is 0 Å². The minimum atomic E-state index is 0.205. The van der Waals surface area contributed by atoms with Crippen molar-refractivity contribution in [1.29, 1.82) is 0 Å². The number of benzene rings is 2. The summed E-state index contributed by atoms with van der Waals surface area (Å²) in [6.07, 6.45) is 2.03. The number of nitrogens with one attached hydrogen (secondary N) is 1. The molecule has 0 heterocycles. The van der Waals surface area contributed by atoms with Gasteiger partial charge in [0.2, 0.25) is 0 Å². The second-order valence-corrected chi connectivity index (χ2v) is 5.60. The van der Waals surface area contributed by atoms with Crippen LogP contribution in [0.4, 0.5) is 0 Å². The quantitative estimate of drug-likeness (QED) is 0.640. The average molecular weight is 268 g/mol. The summed E-state index contributed by atoms with van der Waals surface area (Å²) < 4.78 is 0. The Morgan fingerprint density at radius 2 is 1.60 bits per heavy atom. The van der Waals surface area contributed by atoms with Gasteiger partial charge in [-0.15, -0.1) is 0 Å². The van der Waals surface area contributed by atoms with Crippen LogP contribution in [0.15, 0.2) is 42.5 Å². The molecule has 0 aromatic heterocycles. The molecule has 2 nitrogen and oxygen atoms in total. The maximum absolute atomic E-state index is 5.76. The third-order valence-electron chi connectivity index (χ3n) is 3.85. The Morgan fingerprint density at radius 3 is 2.25 bits per heavy atom. The van der Waals surface area contributed by atoms with E-state index in [-0.39, 0.29) is 6.04 Å². The zero-order valence-electron chi connectivity index (χ0n) is 12.6. The Kier molecular flexibility index (Phi) is 4.94. The lowest BCUT2D eigenvalue weighted by atomic mass is 9.94. The van der Waals surface area contributed by atoms with Gasteiger partial charge in [-0.1, -0.05) is 53.6 Å². The molecule has 0 saturated carbocycles. The molecule has 1 atom stereocenters. The van der Waals surface area contributed by atoms with Crippen LogP contribution < -0.4 is 11.3 Å². The van der Waals surface area contributed by atoms with Gasteiger partial charge in [0.25, 0.3) is 0 Å². The maximum Gasteiger partial charge on any atom is 0.0465 e. The third kappa shape index (κ3) is 3.69. The molecule has 0 aliphatic carbocycles. The lowest BCUT2D eigenvalue weighted by Gasteiger charge is -2.19. The minimum absolute atomic E-state index is 0.205. The van der Waals surface area contributed by atoms with E-state index in [2.05, 4.69) is 68.7 Å². The summed E-state index contributed by atoms with van der Waals surface area (Å²) in [6, 6.07) is 15.5. The predicted molar refractivity (Wildman–Crippen MR) is 85.5 cm³/mol. The van der Waals surface area contributed by atoms with E-state index >= 15 is 0 Å². The zero-order chi connectivity index (χ0) is 14.5. The fourth-order valence-electron chi connectivity index (χ4n) is 2.53. The Hall–Kier alpha value is -1.64. The SMILES string of the molecule is Cc1ccc(CCC(NN)c2cc(C)ccc2C)cc1. The molecule has 2 aromatic carbocycles. The number of hydrogen-bond acceptors (Lipinski definition) is 2. The summed E-state index contributed by atoms with van der Waals surface area (Å²) in [5, 5.41) is 0. The molecule has 0 radical (unpaired) electrons. The van der Waals surface area contributed by atoms with Gasteiger partial charge in [0.05, 0.1) is 0 Å². The van der Waals surface area contributed by atoms with Crippen LogP contribution in [0.25, 0.3) is 0 Å². The molecule has 0 aliphatic rings. The molecule has 2 rings (SSSR count). The van der Waals surface area contributed by atoms with Crippen LogP contribution in [0.1, 0.15) is 40.3 Å². The predicted octanol–water partition coefficient (Wildman–Crippen LogP) is 3.75. The first kappa shape index (κ1) is 14.8. The number of rotatable bonds is 5. The first-order chi connectivity index (χ1) is 9.60. The second-order valence-electron chi connectivity index (χ2n) is 5.60. The van der Waals surface area contributed by atoms with Crippen LogP contribution in [-0.4, -0.2) is 0 Å². The summed E-state index contributed by atoms with van der Waals surface area (Å²) in [5.41, 5.74) is 9.51. The van der Waals surface area contributed by atoms with Gasteiger partial charge < -0.3 is 0 Å². The van der Waals surface area contributed by atoms with E-state index in [1.165, 1.54) is 27.8 Å². The van der Waals surface area contributed by atoms with Gasteiger partial charge in [0.1, 0.15) is 0 Å². The highest BCUT2D eigenvalue weighted by molar-refractivity contribution is 5.33. The molecule has 0 fully saturated rings. The van der Waals surface area contributed by atoms with Crippen molar-refractivity contribution < 1.29 is 0 Å². The van der Waals surface area contributed by atoms with Gasteiger partial charge in [-0.3, -0.25) is 11.3 Å². The first-order valence-corrected chi connectivity index (χ1v) is 7.19. The highest BCUT2D eigenvalue weighted by Crippen LogP contribution is 2.23. The monoisotopic (exact) mass is 268 g/mol. The molecule has 0 amide bonds. The van der Waals surface area contributed by atoms with Crippen molar-refractivity contribution in [1.82, 2.24) is 5.43 Å². The molecule has 0 bridgehead atoms. The van der Waals surface area contributed by atoms with Gasteiger partial charge in [-0.25, -0.2) is 0 Å². The standard InChI is InChI=1S/C18H24N2/c1-13-5-8-16(9-6-13)10-11-18(20-19)17-12-14(2)4-7-15(17)3/h4-9,12,18,20H,10-11,19H2,1-3H3. The van der Waals surface area contributed by atoms with Crippen molar-refractivity contribution in [3.63, 3.8) is 0 Å². The van der Waals surface area contributed by atoms with Crippen LogP contribution in [0.5, 0.6) is 0 Å². The van der Waals surface area contributed by atoms with Crippen molar-refractivity contribution in [3.8, 4) is 0 Å². The van der Waals surface area contributed by atoms with Crippen LogP contribution in [0.2, 0.25) is 0 Å². The van der Waals surface area contributed by atoms with Crippen molar-refractivity contribution in [2.45, 2.75) is 39.7 Å². The Balaban J connectivity index is 2.09. The fourth-order valence-corrected chi connectivity index (χ4v) is 2.53. The van der Waals surface area contributed by atoms with Crippen molar-refractivity contribution in [2.24, 2.45) is 5.84 Å². The number of hydrazine groups is 1. The van der Waals surface area contributed by atoms with E-state index in [9.17, 15) is 0 Å². The Morgan fingerprint density at radius 1 is 0.950 bits per heavy atom. The molecule has 3 N–H and O–H groups in total. The van der Waals surface area contributed by atoms with Gasteiger partial charge in [-0.2, -0.15) is 0 Å². The summed E-state index contributed by atoms with van der Waals surface area (Å²) in [6.45, 7) is 6.38. The normalized spacial score (nSPS) is 12.4. The molecular weight excluding hydrogens is 244 g/mol. The van der Waals surface area contributed by atoms with Crippen LogP contribution in [0, 0.1) is 20.8 Å². The smallest absolute Gasteiger partial charge is 0.0465 e. The van der Waals surface area contributed by atoms with Crippen molar-refractivity contribution in [2.75, 3.05) is 0 Å². The number of aryl methyl sites for hydroxylation is 4. The van der Waals surface area contributed by atoms with E-state index in [1.54, 1.807) is 0 Å². The van der Waals surface area contributed by atoms with Gasteiger partial charge in [0, 0.05) is 6.04 Å². The number of hydrogen-bond donors (Lipinski definition) is 2. The van der Waals surface area contributed by atoms with Gasteiger partial charge in [-0.05, 0) is 50.3 Å². The van der Waals surface area contributed by atoms with Crippen LogP contribution in [-0.2, 0) is 6.42 Å². The van der Waals surface area contributed by atoms with E-state index < -0.39 is 0 Å². The molecule has 20 heavy (non-hydrogen) atoms. The van der Waals surface area contributed by atoms with Crippen molar-refractivity contribution >= 4 is 0 Å². The zero-order valence-corrected chi connectivity index (χ0v) is 12.6. The molecule has 2 heteroatoms. The molecule has 1 unspecified atom stereocenters. The largest absolute Gasteiger partial charge is 0.271 e. The third-order valence-corrected chi connectivity index (χ3v) is 3.85. The first-order valence-electron chi connectivity index (χ1n) is 7.19. The lowest BCUT2D eigenvalue weighted by molar-refractivity contribution is 0.514. The number of nitrogens with two attached hydrogens (primary N) is 1. The van der Waals surface area contributed by atoms with Gasteiger partial charge >= 0.3 is 0 Å². The average Bonchev–Trinajstić information content (AvgIpc) is 2.45.